The number of nitrogens with zero attached hydrogens (tertiary/aromatic N) is 3. The highest BCUT2D eigenvalue weighted by Crippen LogP contribution is 2.62. The average molecular weight is 1030 g/mol. The number of amides is 1. The summed E-state index contributed by atoms with van der Waals surface area (Å²) < 4.78 is 33.9. The maximum Gasteiger partial charge on any atom is 0.416 e. The minimum absolute atomic E-state index is 0.00813. The maximum absolute atomic E-state index is 15.5. The van der Waals surface area contributed by atoms with E-state index in [0.29, 0.717) is 48.8 Å². The molecule has 2 aliphatic heterocycles. The monoisotopic (exact) mass is 1030 g/mol. The van der Waals surface area contributed by atoms with Gasteiger partial charge in [-0.3, -0.25) is 15.0 Å². The second-order valence-electron chi connectivity index (χ2n) is 20.1. The van der Waals surface area contributed by atoms with Crippen molar-refractivity contribution in [1.29, 1.82) is 0 Å². The van der Waals surface area contributed by atoms with Crippen LogP contribution in [-0.2, 0) is 20.9 Å². The smallest absolute Gasteiger partial charge is 0.416 e. The molecule has 6 aromatic carbocycles. The van der Waals surface area contributed by atoms with Crippen molar-refractivity contribution in [2.45, 2.75) is 94.8 Å². The van der Waals surface area contributed by atoms with E-state index in [0.717, 1.165) is 77.1 Å². The van der Waals surface area contributed by atoms with Crippen LogP contribution in [0.4, 0.5) is 10.5 Å². The number of oxime groups is 1. The van der Waals surface area contributed by atoms with Gasteiger partial charge >= 0.3 is 6.09 Å². The Bertz CT molecular complexity index is 3030. The summed E-state index contributed by atoms with van der Waals surface area (Å²) in [6, 6.07) is 42.6. The van der Waals surface area contributed by atoms with Crippen LogP contribution in [0.2, 0.25) is 0 Å². The molecule has 1 saturated heterocycles. The SMILES string of the molecule is C=CCO[C@@]12Oc3ccc(Oc4ccc(-c5ccccc5)cc4)cc3[C@H]3[C@H](CCCCO)[C@@H](CCCCO)C=C(C(=NOC4CCCCO4)C[C@@H]1N(Cc1cccc4ccccc14)C(=O)Oc1ccc([N+](=O)[O-])cc1)[C@H]32. The van der Waals surface area contributed by atoms with Gasteiger partial charge in [0.05, 0.1) is 36.3 Å². The lowest BCUT2D eigenvalue weighted by Crippen LogP contribution is -2.70. The molecule has 14 nitrogen and oxygen atoms in total. The highest BCUT2D eigenvalue weighted by atomic mass is 16.8. The number of aliphatic hydroxyl groups is 2. The van der Waals surface area contributed by atoms with Crippen LogP contribution in [0.5, 0.6) is 23.0 Å². The zero-order valence-electron chi connectivity index (χ0n) is 42.6. The Hall–Kier alpha value is -7.36. The molecule has 2 fully saturated rings. The predicted octanol–water partition coefficient (Wildman–Crippen LogP) is 13.1. The molecular weight excluding hydrogens is 963 g/mol. The molecule has 2 heterocycles. The molecule has 7 atom stereocenters. The van der Waals surface area contributed by atoms with Crippen molar-refractivity contribution < 1.29 is 48.5 Å². The summed E-state index contributed by atoms with van der Waals surface area (Å²) in [4.78, 5) is 34.7. The highest BCUT2D eigenvalue weighted by Gasteiger charge is 2.66. The third-order valence-electron chi connectivity index (χ3n) is 15.3. The summed E-state index contributed by atoms with van der Waals surface area (Å²) in [5.41, 5.74) is 5.24. The number of nitro groups is 1. The van der Waals surface area contributed by atoms with E-state index in [4.69, 9.17) is 33.7 Å². The van der Waals surface area contributed by atoms with Crippen molar-refractivity contribution in [1.82, 2.24) is 4.90 Å². The van der Waals surface area contributed by atoms with Gasteiger partial charge in [0.2, 0.25) is 12.1 Å². The number of hydrogen-bond donors (Lipinski definition) is 2. The summed E-state index contributed by atoms with van der Waals surface area (Å²) in [7, 11) is 0. The first-order valence-corrected chi connectivity index (χ1v) is 26.7. The van der Waals surface area contributed by atoms with E-state index in [1.807, 2.05) is 97.1 Å². The van der Waals surface area contributed by atoms with Gasteiger partial charge in [-0.05, 0) is 126 Å². The second kappa shape index (κ2) is 24.1. The molecular formula is C62H65N3O11. The van der Waals surface area contributed by atoms with Gasteiger partial charge in [-0.15, -0.1) is 6.58 Å². The summed E-state index contributed by atoms with van der Waals surface area (Å²) in [5, 5.41) is 38.9. The fourth-order valence-corrected chi connectivity index (χ4v) is 11.8. The average Bonchev–Trinajstić information content (AvgIpc) is 3.54. The number of allylic oxidation sites excluding steroid dienone is 1. The molecule has 1 amide bonds. The maximum atomic E-state index is 15.5. The van der Waals surface area contributed by atoms with Gasteiger partial charge in [0.25, 0.3) is 5.69 Å². The number of rotatable bonds is 21. The van der Waals surface area contributed by atoms with Crippen LogP contribution in [-0.4, -0.2) is 76.4 Å². The van der Waals surface area contributed by atoms with Crippen LogP contribution >= 0.6 is 0 Å². The molecule has 394 valence electrons. The summed E-state index contributed by atoms with van der Waals surface area (Å²) in [5.74, 6) is -0.673. The van der Waals surface area contributed by atoms with Crippen molar-refractivity contribution in [3.05, 3.63) is 185 Å². The number of hydrogen-bond acceptors (Lipinski definition) is 12. The van der Waals surface area contributed by atoms with Gasteiger partial charge < -0.3 is 38.7 Å². The van der Waals surface area contributed by atoms with Crippen molar-refractivity contribution in [2.24, 2.45) is 22.9 Å². The Morgan fingerprint density at radius 1 is 0.829 bits per heavy atom. The van der Waals surface area contributed by atoms with Crippen LogP contribution in [0.25, 0.3) is 21.9 Å². The predicted molar refractivity (Wildman–Crippen MR) is 290 cm³/mol. The van der Waals surface area contributed by atoms with E-state index < -0.39 is 35.1 Å². The lowest BCUT2D eigenvalue weighted by Gasteiger charge is -2.59. The Kier molecular flexibility index (Phi) is 16.5. The normalized spacial score (nSPS) is 23.1. The molecule has 1 unspecified atom stereocenters. The fourth-order valence-electron chi connectivity index (χ4n) is 11.8. The molecule has 2 aliphatic carbocycles. The standard InChI is InChI=1S/C62H65N3O11/c1-2-36-72-62-57(64(41-46-20-14-19-44-17-6-7-21-51(44)46)61(68)74-49-30-26-47(27-31-49)65(69)70)40-55(63-76-58-23-10-13-37-71-58)53-38-45(18-8-11-34-66)52(22-9-12-35-67)59(60(53)62)54-39-50(32-33-56(54)75-62)73-48-28-24-43(25-29-48)42-15-4-3-5-16-42/h2-7,14-17,19-21,24-33,38-39,45,52,57-60,66-67H,1,8-13,18,22-23,34-37,40-41H2/t45-,52+,57-,58?,59+,60+,62+/m0/s1. The lowest BCUT2D eigenvalue weighted by atomic mass is 9.55. The number of nitro benzene ring substituents is 1. The lowest BCUT2D eigenvalue weighted by molar-refractivity contribution is -0.384. The molecule has 14 heteroatoms. The first kappa shape index (κ1) is 52.1. The summed E-state index contributed by atoms with van der Waals surface area (Å²) in [6.07, 6.45) is 9.57. The van der Waals surface area contributed by atoms with Crippen molar-refractivity contribution in [2.75, 3.05) is 26.4 Å². The zero-order chi connectivity index (χ0) is 52.4. The van der Waals surface area contributed by atoms with Crippen LogP contribution in [0.1, 0.15) is 81.3 Å². The topological polar surface area (TPSA) is 172 Å². The molecule has 0 spiro atoms. The van der Waals surface area contributed by atoms with E-state index in [1.54, 1.807) is 11.0 Å². The number of ether oxygens (including phenoxy) is 5. The number of carbonyl (C=O) groups is 1. The number of fused-ring (bicyclic) bond motifs is 3. The summed E-state index contributed by atoms with van der Waals surface area (Å²) in [6.45, 7) is 4.86. The molecule has 6 aromatic rings. The first-order chi connectivity index (χ1) is 37.3. The summed E-state index contributed by atoms with van der Waals surface area (Å²) >= 11 is 0. The second-order valence-corrected chi connectivity index (χ2v) is 20.1. The molecule has 76 heavy (non-hydrogen) atoms. The van der Waals surface area contributed by atoms with E-state index in [9.17, 15) is 20.3 Å². The van der Waals surface area contributed by atoms with E-state index >= 15 is 4.79 Å². The number of aliphatic hydroxyl groups excluding tert-OH is 2. The highest BCUT2D eigenvalue weighted by molar-refractivity contribution is 6.03. The molecule has 0 radical (unpaired) electrons. The molecule has 2 N–H and O–H groups in total. The minimum atomic E-state index is -1.61. The molecule has 0 bridgehead atoms. The Balaban J connectivity index is 1.16. The molecule has 0 aromatic heterocycles. The zero-order valence-corrected chi connectivity index (χ0v) is 42.6. The van der Waals surface area contributed by atoms with Gasteiger partial charge in [0.15, 0.2) is 0 Å². The van der Waals surface area contributed by atoms with Crippen LogP contribution in [0.3, 0.4) is 0 Å². The van der Waals surface area contributed by atoms with Gasteiger partial charge in [-0.1, -0.05) is 115 Å². The van der Waals surface area contributed by atoms with Crippen LogP contribution < -0.4 is 14.2 Å². The third-order valence-corrected chi connectivity index (χ3v) is 15.3. The van der Waals surface area contributed by atoms with Gasteiger partial charge in [-0.25, -0.2) is 4.79 Å². The first-order valence-electron chi connectivity index (χ1n) is 26.7. The third kappa shape index (κ3) is 11.3. The molecule has 4 aliphatic rings. The van der Waals surface area contributed by atoms with E-state index in [2.05, 4.69) is 30.9 Å². The van der Waals surface area contributed by atoms with Crippen molar-refractivity contribution in [3.63, 3.8) is 0 Å². The molecule has 10 rings (SSSR count). The quantitative estimate of drug-likeness (QED) is 0.0304. The van der Waals surface area contributed by atoms with E-state index in [-0.39, 0.29) is 62.0 Å². The van der Waals surface area contributed by atoms with Gasteiger partial charge in [0, 0.05) is 49.7 Å². The Morgan fingerprint density at radius 3 is 2.30 bits per heavy atom. The Morgan fingerprint density at radius 2 is 1.55 bits per heavy atom. The van der Waals surface area contributed by atoms with Crippen LogP contribution in [0.15, 0.2) is 169 Å². The number of carbonyl (C=O) groups excluding carboxylic acids is 1. The van der Waals surface area contributed by atoms with Crippen molar-refractivity contribution >= 4 is 28.3 Å². The number of benzene rings is 6. The minimum Gasteiger partial charge on any atom is -0.459 e. The Labute approximate surface area is 443 Å². The van der Waals surface area contributed by atoms with E-state index in [1.165, 1.54) is 24.3 Å². The van der Waals surface area contributed by atoms with Gasteiger partial charge in [0.1, 0.15) is 29.0 Å². The number of unbranched alkanes of at least 4 members (excludes halogenated alkanes) is 2. The molecule has 1 saturated carbocycles. The van der Waals surface area contributed by atoms with Crippen molar-refractivity contribution in [3.8, 4) is 34.1 Å². The van der Waals surface area contributed by atoms with Crippen LogP contribution in [0, 0.1) is 27.9 Å². The van der Waals surface area contributed by atoms with Gasteiger partial charge in [-0.2, -0.15) is 0 Å². The number of non-ortho nitro benzene ring substituents is 1. The largest absolute Gasteiger partial charge is 0.459 e. The fraction of sp³-hybridized carbons (Fsp3) is 0.355.